The molecule has 0 fully saturated rings. The number of amides is 1. The summed E-state index contributed by atoms with van der Waals surface area (Å²) in [5.41, 5.74) is 2.72. The number of aromatic nitrogens is 1. The number of rotatable bonds is 9. The predicted molar refractivity (Wildman–Crippen MR) is 118 cm³/mol. The standard InChI is InChI=1S/C24H27ClN2O2/c1-3-4-15-27(24(28)21-12-6-8-14-23(21)29-2)18-20-11-9-16-26(20)17-19-10-5-7-13-22(19)25/h5-14,16H,3-4,15,17-18H2,1-2H3. The number of halogens is 1. The van der Waals surface area contributed by atoms with Crippen LogP contribution in [0.4, 0.5) is 0 Å². The normalized spacial score (nSPS) is 10.7. The van der Waals surface area contributed by atoms with Crippen molar-refractivity contribution in [1.82, 2.24) is 9.47 Å². The molecule has 0 bridgehead atoms. The minimum atomic E-state index is -0.0126. The molecular formula is C24H27ClN2O2. The third-order valence-electron chi connectivity index (χ3n) is 4.98. The molecule has 0 atom stereocenters. The van der Waals surface area contributed by atoms with E-state index in [1.807, 2.05) is 65.7 Å². The van der Waals surface area contributed by atoms with Crippen LogP contribution in [0, 0.1) is 0 Å². The maximum absolute atomic E-state index is 13.3. The lowest BCUT2D eigenvalue weighted by Gasteiger charge is -2.24. The molecule has 0 spiro atoms. The van der Waals surface area contributed by atoms with Crippen LogP contribution in [0.15, 0.2) is 66.9 Å². The highest BCUT2D eigenvalue weighted by atomic mass is 35.5. The first-order valence-electron chi connectivity index (χ1n) is 9.93. The van der Waals surface area contributed by atoms with Gasteiger partial charge in [0, 0.05) is 30.0 Å². The number of benzene rings is 2. The number of hydrogen-bond acceptors (Lipinski definition) is 2. The zero-order chi connectivity index (χ0) is 20.6. The van der Waals surface area contributed by atoms with Crippen LogP contribution in [0.3, 0.4) is 0 Å². The molecule has 0 aliphatic rings. The highest BCUT2D eigenvalue weighted by molar-refractivity contribution is 6.31. The van der Waals surface area contributed by atoms with Gasteiger partial charge < -0.3 is 14.2 Å². The van der Waals surface area contributed by atoms with Gasteiger partial charge in [-0.15, -0.1) is 0 Å². The summed E-state index contributed by atoms with van der Waals surface area (Å²) in [6.07, 6.45) is 4.01. The van der Waals surface area contributed by atoms with E-state index < -0.39 is 0 Å². The van der Waals surface area contributed by atoms with Gasteiger partial charge in [-0.3, -0.25) is 4.79 Å². The van der Waals surface area contributed by atoms with Crippen LogP contribution in [0.2, 0.25) is 5.02 Å². The van der Waals surface area contributed by atoms with Gasteiger partial charge in [0.1, 0.15) is 5.75 Å². The summed E-state index contributed by atoms with van der Waals surface area (Å²) < 4.78 is 7.55. The van der Waals surface area contributed by atoms with Crippen LogP contribution < -0.4 is 4.74 Å². The van der Waals surface area contributed by atoms with Gasteiger partial charge in [-0.2, -0.15) is 0 Å². The van der Waals surface area contributed by atoms with Crippen LogP contribution in [0.5, 0.6) is 5.75 Å². The zero-order valence-electron chi connectivity index (χ0n) is 17.0. The average molecular weight is 411 g/mol. The van der Waals surface area contributed by atoms with E-state index in [-0.39, 0.29) is 5.91 Å². The van der Waals surface area contributed by atoms with E-state index in [9.17, 15) is 4.79 Å². The Morgan fingerprint density at radius 2 is 1.83 bits per heavy atom. The van der Waals surface area contributed by atoms with E-state index in [4.69, 9.17) is 16.3 Å². The number of carbonyl (C=O) groups excluding carboxylic acids is 1. The molecule has 1 aromatic heterocycles. The van der Waals surface area contributed by atoms with Gasteiger partial charge in [0.25, 0.3) is 5.91 Å². The van der Waals surface area contributed by atoms with E-state index in [0.717, 1.165) is 29.1 Å². The molecule has 1 heterocycles. The monoisotopic (exact) mass is 410 g/mol. The molecule has 0 unspecified atom stereocenters. The Morgan fingerprint density at radius 3 is 2.59 bits per heavy atom. The van der Waals surface area contributed by atoms with Crippen LogP contribution in [-0.4, -0.2) is 29.0 Å². The van der Waals surface area contributed by atoms with Crippen molar-refractivity contribution in [3.05, 3.63) is 88.7 Å². The van der Waals surface area contributed by atoms with E-state index >= 15 is 0 Å². The van der Waals surface area contributed by atoms with Gasteiger partial charge in [-0.1, -0.05) is 55.3 Å². The van der Waals surface area contributed by atoms with Crippen molar-refractivity contribution in [1.29, 1.82) is 0 Å². The number of carbonyl (C=O) groups is 1. The maximum Gasteiger partial charge on any atom is 0.257 e. The third kappa shape index (κ3) is 5.21. The van der Waals surface area contributed by atoms with Gasteiger partial charge in [0.05, 0.1) is 19.2 Å². The molecule has 0 aliphatic carbocycles. The van der Waals surface area contributed by atoms with E-state index in [1.165, 1.54) is 0 Å². The number of ether oxygens (including phenoxy) is 1. The highest BCUT2D eigenvalue weighted by Crippen LogP contribution is 2.22. The molecule has 0 saturated carbocycles. The molecule has 29 heavy (non-hydrogen) atoms. The maximum atomic E-state index is 13.3. The van der Waals surface area contributed by atoms with Gasteiger partial charge >= 0.3 is 0 Å². The zero-order valence-corrected chi connectivity index (χ0v) is 17.7. The number of nitrogens with zero attached hydrogens (tertiary/aromatic N) is 2. The second-order valence-electron chi connectivity index (χ2n) is 7.00. The lowest BCUT2D eigenvalue weighted by Crippen LogP contribution is -2.32. The first-order valence-corrected chi connectivity index (χ1v) is 10.3. The summed E-state index contributed by atoms with van der Waals surface area (Å²) in [5, 5.41) is 0.750. The van der Waals surface area contributed by atoms with Crippen molar-refractivity contribution in [2.45, 2.75) is 32.9 Å². The molecular weight excluding hydrogens is 384 g/mol. The molecule has 4 nitrogen and oxygen atoms in total. The van der Waals surface area contributed by atoms with Gasteiger partial charge in [-0.25, -0.2) is 0 Å². The van der Waals surface area contributed by atoms with Gasteiger partial charge in [0.15, 0.2) is 0 Å². The summed E-state index contributed by atoms with van der Waals surface area (Å²) in [4.78, 5) is 15.2. The summed E-state index contributed by atoms with van der Waals surface area (Å²) >= 11 is 6.34. The number of unbranched alkanes of at least 4 members (excludes halogenated alkanes) is 1. The molecule has 152 valence electrons. The Balaban J connectivity index is 1.84. The van der Waals surface area contributed by atoms with Gasteiger partial charge in [0.2, 0.25) is 0 Å². The molecule has 0 saturated heterocycles. The molecule has 2 aromatic carbocycles. The Bertz CT molecular complexity index is 951. The third-order valence-corrected chi connectivity index (χ3v) is 5.35. The van der Waals surface area contributed by atoms with Crippen molar-refractivity contribution in [3.8, 4) is 5.75 Å². The first kappa shape index (κ1) is 21.0. The van der Waals surface area contributed by atoms with Crippen LogP contribution >= 0.6 is 11.6 Å². The fraction of sp³-hybridized carbons (Fsp3) is 0.292. The van der Waals surface area contributed by atoms with E-state index in [2.05, 4.69) is 17.6 Å². The largest absolute Gasteiger partial charge is 0.496 e. The minimum absolute atomic E-state index is 0.0126. The number of para-hydroxylation sites is 1. The Kier molecular flexibility index (Phi) is 7.36. The molecule has 3 rings (SSSR count). The Morgan fingerprint density at radius 1 is 1.07 bits per heavy atom. The summed E-state index contributed by atoms with van der Waals surface area (Å²) in [5.74, 6) is 0.590. The van der Waals surface area contributed by atoms with Crippen LogP contribution in [-0.2, 0) is 13.1 Å². The SMILES string of the molecule is CCCCN(Cc1cccn1Cc1ccccc1Cl)C(=O)c1ccccc1OC. The lowest BCUT2D eigenvalue weighted by atomic mass is 10.1. The summed E-state index contributed by atoms with van der Waals surface area (Å²) in [6.45, 7) is 4.04. The quantitative estimate of drug-likeness (QED) is 0.457. The predicted octanol–water partition coefficient (Wildman–Crippen LogP) is 5.64. The second-order valence-corrected chi connectivity index (χ2v) is 7.41. The van der Waals surface area contributed by atoms with Crippen LogP contribution in [0.25, 0.3) is 0 Å². The van der Waals surface area contributed by atoms with Crippen molar-refractivity contribution in [3.63, 3.8) is 0 Å². The topological polar surface area (TPSA) is 34.5 Å². The fourth-order valence-electron chi connectivity index (χ4n) is 3.35. The number of methoxy groups -OCH3 is 1. The minimum Gasteiger partial charge on any atom is -0.496 e. The number of hydrogen-bond donors (Lipinski definition) is 0. The Hall–Kier alpha value is -2.72. The molecule has 0 N–H and O–H groups in total. The second kappa shape index (κ2) is 10.2. The summed E-state index contributed by atoms with van der Waals surface area (Å²) in [7, 11) is 1.59. The van der Waals surface area contributed by atoms with Crippen molar-refractivity contribution < 1.29 is 9.53 Å². The van der Waals surface area contributed by atoms with Crippen molar-refractivity contribution >= 4 is 17.5 Å². The molecule has 1 amide bonds. The van der Waals surface area contributed by atoms with Crippen molar-refractivity contribution in [2.24, 2.45) is 0 Å². The first-order chi connectivity index (χ1) is 14.1. The smallest absolute Gasteiger partial charge is 0.257 e. The highest BCUT2D eigenvalue weighted by Gasteiger charge is 2.20. The molecule has 5 heteroatoms. The fourth-order valence-corrected chi connectivity index (χ4v) is 3.54. The van der Waals surface area contributed by atoms with Gasteiger partial charge in [-0.05, 0) is 42.3 Å². The van der Waals surface area contributed by atoms with Crippen molar-refractivity contribution in [2.75, 3.05) is 13.7 Å². The lowest BCUT2D eigenvalue weighted by molar-refractivity contribution is 0.0734. The molecule has 0 radical (unpaired) electrons. The van der Waals surface area contributed by atoms with E-state index in [0.29, 0.717) is 30.9 Å². The molecule has 0 aliphatic heterocycles. The molecule has 3 aromatic rings. The Labute approximate surface area is 177 Å². The summed E-state index contributed by atoms with van der Waals surface area (Å²) in [6, 6.07) is 19.3. The van der Waals surface area contributed by atoms with Crippen LogP contribution in [0.1, 0.15) is 41.4 Å². The average Bonchev–Trinajstić information content (AvgIpc) is 3.18. The van der Waals surface area contributed by atoms with E-state index in [1.54, 1.807) is 7.11 Å².